The number of likely N-dealkylation sites (tertiary alicyclic amines) is 1. The van der Waals surface area contributed by atoms with E-state index in [4.69, 9.17) is 0 Å². The van der Waals surface area contributed by atoms with E-state index in [1.54, 1.807) is 24.3 Å². The number of carbonyl (C=O) groups excluding carboxylic acids is 1. The molecule has 2 aromatic rings. The van der Waals surface area contributed by atoms with Crippen LogP contribution in [0.3, 0.4) is 0 Å². The highest BCUT2D eigenvalue weighted by atomic mass is 32.2. The summed E-state index contributed by atoms with van der Waals surface area (Å²) >= 11 is 0. The van der Waals surface area contributed by atoms with Crippen LogP contribution in [-0.2, 0) is 27.9 Å². The van der Waals surface area contributed by atoms with E-state index < -0.39 is 16.1 Å². The molecule has 1 N–H and O–H groups in total. The maximum absolute atomic E-state index is 13.1. The molecular weight excluding hydrogens is 398 g/mol. The highest BCUT2D eigenvalue weighted by Crippen LogP contribution is 2.22. The average molecular weight is 430 g/mol. The second-order valence-corrected chi connectivity index (χ2v) is 9.96. The van der Waals surface area contributed by atoms with Gasteiger partial charge in [-0.2, -0.15) is 4.31 Å². The van der Waals surface area contributed by atoms with Crippen molar-refractivity contribution in [2.24, 2.45) is 0 Å². The van der Waals surface area contributed by atoms with Gasteiger partial charge in [0, 0.05) is 20.1 Å². The van der Waals surface area contributed by atoms with Crippen molar-refractivity contribution in [3.05, 3.63) is 71.3 Å². The van der Waals surface area contributed by atoms with E-state index in [-0.39, 0.29) is 5.91 Å². The number of sulfonamides is 1. The van der Waals surface area contributed by atoms with E-state index in [0.29, 0.717) is 12.1 Å². The van der Waals surface area contributed by atoms with Gasteiger partial charge in [-0.25, -0.2) is 8.42 Å². The van der Waals surface area contributed by atoms with E-state index in [2.05, 4.69) is 16.3 Å². The van der Waals surface area contributed by atoms with Gasteiger partial charge in [-0.3, -0.25) is 9.69 Å². The summed E-state index contributed by atoms with van der Waals surface area (Å²) in [5.74, 6) is -0.332. The summed E-state index contributed by atoms with van der Waals surface area (Å²) in [4.78, 5) is 15.5. The molecule has 0 saturated carbocycles. The Morgan fingerprint density at radius 3 is 2.23 bits per heavy atom. The molecule has 7 heteroatoms. The number of amides is 1. The Bertz CT molecular complexity index is 941. The lowest BCUT2D eigenvalue weighted by molar-refractivity contribution is -0.125. The van der Waals surface area contributed by atoms with Crippen molar-refractivity contribution in [2.45, 2.75) is 38.4 Å². The molecule has 0 radical (unpaired) electrons. The standard InChI is InChI=1S/C23H31N3O3S/c1-25(30(2,28)29)22(19-11-5-3-6-12-19)23(27)24-17-20-13-7-8-14-21(20)18-26-15-9-4-10-16-26/h3,5-8,11-14,22H,4,9-10,15-18H2,1-2H3,(H,24,27)/t22-/m0/s1. The molecule has 1 heterocycles. The van der Waals surface area contributed by atoms with Gasteiger partial charge >= 0.3 is 0 Å². The maximum Gasteiger partial charge on any atom is 0.243 e. The molecule has 1 saturated heterocycles. The fourth-order valence-electron chi connectivity index (χ4n) is 3.87. The molecule has 1 aliphatic heterocycles. The molecule has 0 spiro atoms. The van der Waals surface area contributed by atoms with Gasteiger partial charge in [0.2, 0.25) is 15.9 Å². The predicted molar refractivity (Wildman–Crippen MR) is 119 cm³/mol. The van der Waals surface area contributed by atoms with Gasteiger partial charge in [0.25, 0.3) is 0 Å². The number of likely N-dealkylation sites (N-methyl/N-ethyl adjacent to an activating group) is 1. The van der Waals surface area contributed by atoms with E-state index in [0.717, 1.165) is 35.8 Å². The Labute approximate surface area is 179 Å². The van der Waals surface area contributed by atoms with Gasteiger partial charge in [-0.05, 0) is 42.6 Å². The van der Waals surface area contributed by atoms with E-state index >= 15 is 0 Å². The van der Waals surface area contributed by atoms with Crippen molar-refractivity contribution in [2.75, 3.05) is 26.4 Å². The second-order valence-electron chi connectivity index (χ2n) is 7.92. The van der Waals surface area contributed by atoms with Gasteiger partial charge in [0.1, 0.15) is 6.04 Å². The molecule has 1 amide bonds. The van der Waals surface area contributed by atoms with Crippen molar-refractivity contribution in [3.63, 3.8) is 0 Å². The van der Waals surface area contributed by atoms with Crippen LogP contribution in [0.2, 0.25) is 0 Å². The number of nitrogens with zero attached hydrogens (tertiary/aromatic N) is 2. The number of piperidine rings is 1. The van der Waals surface area contributed by atoms with E-state index in [9.17, 15) is 13.2 Å². The summed E-state index contributed by atoms with van der Waals surface area (Å²) in [5, 5.41) is 2.96. The molecular formula is C23H31N3O3S. The third-order valence-corrected chi connectivity index (χ3v) is 6.92. The Morgan fingerprint density at radius 1 is 1.00 bits per heavy atom. The number of carbonyl (C=O) groups is 1. The minimum atomic E-state index is -3.54. The summed E-state index contributed by atoms with van der Waals surface area (Å²) in [7, 11) is -2.10. The monoisotopic (exact) mass is 429 g/mol. The van der Waals surface area contributed by atoms with Crippen LogP contribution in [0.1, 0.15) is 42.0 Å². The van der Waals surface area contributed by atoms with Crippen LogP contribution in [0.15, 0.2) is 54.6 Å². The smallest absolute Gasteiger partial charge is 0.243 e. The first-order valence-electron chi connectivity index (χ1n) is 10.4. The third-order valence-electron chi connectivity index (χ3n) is 5.66. The normalized spacial score (nSPS) is 16.4. The van der Waals surface area contributed by atoms with Crippen molar-refractivity contribution in [1.29, 1.82) is 0 Å². The lowest BCUT2D eigenvalue weighted by Gasteiger charge is -2.28. The lowest BCUT2D eigenvalue weighted by Crippen LogP contribution is -2.41. The summed E-state index contributed by atoms with van der Waals surface area (Å²) < 4.78 is 25.4. The van der Waals surface area contributed by atoms with Gasteiger partial charge in [0.05, 0.1) is 6.26 Å². The SMILES string of the molecule is CN([C@H](C(=O)NCc1ccccc1CN1CCCCC1)c1ccccc1)S(C)(=O)=O. The molecule has 3 rings (SSSR count). The number of hydrogen-bond acceptors (Lipinski definition) is 4. The maximum atomic E-state index is 13.1. The summed E-state index contributed by atoms with van der Waals surface area (Å²) in [5.41, 5.74) is 2.90. The number of benzene rings is 2. The summed E-state index contributed by atoms with van der Waals surface area (Å²) in [6.07, 6.45) is 4.87. The Kier molecular flexibility index (Phi) is 7.64. The minimum Gasteiger partial charge on any atom is -0.350 e. The predicted octanol–water partition coefficient (Wildman–Crippen LogP) is 2.92. The van der Waals surface area contributed by atoms with Crippen molar-refractivity contribution in [3.8, 4) is 0 Å². The molecule has 1 atom stereocenters. The molecule has 30 heavy (non-hydrogen) atoms. The average Bonchev–Trinajstić information content (AvgIpc) is 2.74. The largest absolute Gasteiger partial charge is 0.350 e. The molecule has 162 valence electrons. The van der Waals surface area contributed by atoms with Gasteiger partial charge in [-0.1, -0.05) is 61.0 Å². The number of hydrogen-bond donors (Lipinski definition) is 1. The topological polar surface area (TPSA) is 69.7 Å². The zero-order chi connectivity index (χ0) is 21.6. The third kappa shape index (κ3) is 5.90. The first-order valence-corrected chi connectivity index (χ1v) is 12.3. The molecule has 1 aliphatic rings. The minimum absolute atomic E-state index is 0.332. The number of nitrogens with one attached hydrogen (secondary N) is 1. The highest BCUT2D eigenvalue weighted by Gasteiger charge is 2.30. The van der Waals surface area contributed by atoms with Crippen LogP contribution in [0.25, 0.3) is 0 Å². The quantitative estimate of drug-likeness (QED) is 0.701. The Morgan fingerprint density at radius 2 is 1.60 bits per heavy atom. The first-order chi connectivity index (χ1) is 14.4. The highest BCUT2D eigenvalue weighted by molar-refractivity contribution is 7.88. The summed E-state index contributed by atoms with van der Waals surface area (Å²) in [6.45, 7) is 3.45. The molecule has 0 aliphatic carbocycles. The van der Waals surface area contributed by atoms with Crippen molar-refractivity contribution < 1.29 is 13.2 Å². The van der Waals surface area contributed by atoms with Crippen LogP contribution in [0.4, 0.5) is 0 Å². The Hall–Kier alpha value is -2.22. The fraction of sp³-hybridized carbons (Fsp3) is 0.435. The van der Waals surface area contributed by atoms with E-state index in [1.165, 1.54) is 31.9 Å². The molecule has 0 unspecified atom stereocenters. The van der Waals surface area contributed by atoms with E-state index in [1.807, 2.05) is 24.3 Å². The van der Waals surface area contributed by atoms with Gasteiger partial charge < -0.3 is 5.32 Å². The van der Waals surface area contributed by atoms with Crippen molar-refractivity contribution >= 4 is 15.9 Å². The second kappa shape index (κ2) is 10.2. The zero-order valence-electron chi connectivity index (χ0n) is 17.8. The van der Waals surface area contributed by atoms with Gasteiger partial charge in [-0.15, -0.1) is 0 Å². The van der Waals surface area contributed by atoms with Crippen LogP contribution in [0, 0.1) is 0 Å². The van der Waals surface area contributed by atoms with Crippen LogP contribution >= 0.6 is 0 Å². The zero-order valence-corrected chi connectivity index (χ0v) is 18.6. The Balaban J connectivity index is 1.74. The molecule has 1 fully saturated rings. The molecule has 2 aromatic carbocycles. The fourth-order valence-corrected chi connectivity index (χ4v) is 4.48. The molecule has 6 nitrogen and oxygen atoms in total. The van der Waals surface area contributed by atoms with Gasteiger partial charge in [0.15, 0.2) is 0 Å². The molecule has 0 aromatic heterocycles. The van der Waals surface area contributed by atoms with Crippen molar-refractivity contribution in [1.82, 2.24) is 14.5 Å². The number of rotatable bonds is 8. The summed E-state index contributed by atoms with van der Waals surface area (Å²) in [6, 6.07) is 16.2. The van der Waals surface area contributed by atoms with Crippen LogP contribution in [-0.4, -0.2) is 49.9 Å². The lowest BCUT2D eigenvalue weighted by atomic mass is 10.0. The molecule has 0 bridgehead atoms. The van der Waals surface area contributed by atoms with Crippen LogP contribution in [0.5, 0.6) is 0 Å². The van der Waals surface area contributed by atoms with Crippen LogP contribution < -0.4 is 5.32 Å². The first kappa shape index (κ1) is 22.5.